The number of hydrogen-bond acceptors (Lipinski definition) is 5. The number of carboxylic acids is 1. The van der Waals surface area contributed by atoms with E-state index < -0.39 is 27.9 Å². The Morgan fingerprint density at radius 3 is 2.44 bits per heavy atom. The van der Waals surface area contributed by atoms with Gasteiger partial charge < -0.3 is 10.4 Å². The van der Waals surface area contributed by atoms with E-state index in [0.29, 0.717) is 5.56 Å². The first kappa shape index (κ1) is 18.6. The second kappa shape index (κ2) is 7.45. The number of sulfonamides is 1. The Kier molecular flexibility index (Phi) is 5.55. The highest BCUT2D eigenvalue weighted by atomic mass is 32.2. The average molecular weight is 366 g/mol. The molecule has 134 valence electrons. The highest BCUT2D eigenvalue weighted by Crippen LogP contribution is 2.07. The standard InChI is InChI=1S/C15H18N4O5S/c1-10(18-25(23,24)13-8-17-19(2)9-13)14(20)16-7-11-3-5-12(6-4-11)15(21)22/h3-6,8-10,18H,7H2,1-2H3,(H,16,20)(H,21,22). The van der Waals surface area contributed by atoms with Crippen molar-refractivity contribution < 1.29 is 23.1 Å². The lowest BCUT2D eigenvalue weighted by atomic mass is 10.1. The molecular weight excluding hydrogens is 348 g/mol. The fourth-order valence-corrected chi connectivity index (χ4v) is 3.19. The van der Waals surface area contributed by atoms with E-state index >= 15 is 0 Å². The second-order valence-electron chi connectivity index (χ2n) is 5.41. The van der Waals surface area contributed by atoms with E-state index in [1.54, 1.807) is 19.2 Å². The highest BCUT2D eigenvalue weighted by Gasteiger charge is 2.23. The summed E-state index contributed by atoms with van der Waals surface area (Å²) < 4.78 is 27.9. The van der Waals surface area contributed by atoms with E-state index in [1.807, 2.05) is 0 Å². The van der Waals surface area contributed by atoms with Crippen molar-refractivity contribution in [2.45, 2.75) is 24.4 Å². The Labute approximate surface area is 144 Å². The molecule has 1 aromatic carbocycles. The van der Waals surface area contributed by atoms with Gasteiger partial charge in [0.05, 0.1) is 17.8 Å². The number of carbonyl (C=O) groups excluding carboxylic acids is 1. The van der Waals surface area contributed by atoms with Gasteiger partial charge in [0.15, 0.2) is 0 Å². The minimum atomic E-state index is -3.84. The van der Waals surface area contributed by atoms with Crippen LogP contribution in [0.25, 0.3) is 0 Å². The molecule has 0 saturated carbocycles. The smallest absolute Gasteiger partial charge is 0.335 e. The van der Waals surface area contributed by atoms with Crippen LogP contribution in [-0.4, -0.2) is 41.2 Å². The van der Waals surface area contributed by atoms with Gasteiger partial charge in [0.1, 0.15) is 4.90 Å². The Balaban J connectivity index is 1.93. The summed E-state index contributed by atoms with van der Waals surface area (Å²) in [5.74, 6) is -1.54. The molecular formula is C15H18N4O5S. The number of carboxylic acid groups (broad SMARTS) is 1. The van der Waals surface area contributed by atoms with Gasteiger partial charge in [0.25, 0.3) is 0 Å². The van der Waals surface area contributed by atoms with Crippen molar-refractivity contribution in [3.63, 3.8) is 0 Å². The van der Waals surface area contributed by atoms with Gasteiger partial charge in [0.2, 0.25) is 15.9 Å². The lowest BCUT2D eigenvalue weighted by Gasteiger charge is -2.13. The van der Waals surface area contributed by atoms with Crippen LogP contribution in [0.4, 0.5) is 0 Å². The van der Waals surface area contributed by atoms with Crippen molar-refractivity contribution in [1.82, 2.24) is 19.8 Å². The predicted molar refractivity (Wildman–Crippen MR) is 88.2 cm³/mol. The summed E-state index contributed by atoms with van der Waals surface area (Å²) in [6.45, 7) is 1.58. The Morgan fingerprint density at radius 1 is 1.28 bits per heavy atom. The molecule has 2 aromatic rings. The molecule has 1 unspecified atom stereocenters. The maximum Gasteiger partial charge on any atom is 0.335 e. The zero-order valence-corrected chi connectivity index (χ0v) is 14.4. The molecule has 0 fully saturated rings. The Hall–Kier alpha value is -2.72. The molecule has 1 atom stereocenters. The molecule has 3 N–H and O–H groups in total. The highest BCUT2D eigenvalue weighted by molar-refractivity contribution is 7.89. The molecule has 0 radical (unpaired) electrons. The second-order valence-corrected chi connectivity index (χ2v) is 7.13. The van der Waals surface area contributed by atoms with Gasteiger partial charge in [0, 0.05) is 19.8 Å². The third-order valence-corrected chi connectivity index (χ3v) is 4.88. The summed E-state index contributed by atoms with van der Waals surface area (Å²) in [7, 11) is -2.25. The van der Waals surface area contributed by atoms with Crippen molar-refractivity contribution in [3.8, 4) is 0 Å². The van der Waals surface area contributed by atoms with Crippen molar-refractivity contribution in [3.05, 3.63) is 47.8 Å². The summed E-state index contributed by atoms with van der Waals surface area (Å²) in [6.07, 6.45) is 2.52. The average Bonchev–Trinajstić information content (AvgIpc) is 3.00. The van der Waals surface area contributed by atoms with Crippen LogP contribution in [0.5, 0.6) is 0 Å². The minimum Gasteiger partial charge on any atom is -0.478 e. The fraction of sp³-hybridized carbons (Fsp3) is 0.267. The third-order valence-electron chi connectivity index (χ3n) is 3.38. The van der Waals surface area contributed by atoms with Crippen molar-refractivity contribution >= 4 is 21.9 Å². The number of nitrogens with one attached hydrogen (secondary N) is 2. The van der Waals surface area contributed by atoms with E-state index in [1.165, 1.54) is 36.1 Å². The van der Waals surface area contributed by atoms with Crippen LogP contribution in [-0.2, 0) is 28.4 Å². The van der Waals surface area contributed by atoms with E-state index in [9.17, 15) is 18.0 Å². The number of aryl methyl sites for hydroxylation is 1. The molecule has 0 aliphatic heterocycles. The van der Waals surface area contributed by atoms with Gasteiger partial charge in [-0.2, -0.15) is 9.82 Å². The van der Waals surface area contributed by atoms with Crippen LogP contribution in [0.3, 0.4) is 0 Å². The SMILES string of the molecule is CC(NS(=O)(=O)c1cnn(C)c1)C(=O)NCc1ccc(C(=O)O)cc1. The molecule has 2 rings (SSSR count). The molecule has 0 spiro atoms. The van der Waals surface area contributed by atoms with Gasteiger partial charge >= 0.3 is 5.97 Å². The van der Waals surface area contributed by atoms with Crippen molar-refractivity contribution in [2.24, 2.45) is 7.05 Å². The molecule has 10 heteroatoms. The van der Waals surface area contributed by atoms with Gasteiger partial charge in [-0.1, -0.05) is 12.1 Å². The van der Waals surface area contributed by atoms with Gasteiger partial charge in [-0.05, 0) is 24.6 Å². The predicted octanol–water partition coefficient (Wildman–Crippen LogP) is 0.102. The third kappa shape index (κ3) is 4.88. The Bertz CT molecular complexity index is 874. The summed E-state index contributed by atoms with van der Waals surface area (Å²) in [5.41, 5.74) is 0.841. The number of amides is 1. The van der Waals surface area contributed by atoms with E-state index in [0.717, 1.165) is 0 Å². The molecule has 0 aliphatic rings. The summed E-state index contributed by atoms with van der Waals surface area (Å²) in [4.78, 5) is 22.8. The Morgan fingerprint density at radius 2 is 1.92 bits per heavy atom. The number of rotatable bonds is 7. The number of benzene rings is 1. The van der Waals surface area contributed by atoms with Crippen molar-refractivity contribution in [2.75, 3.05) is 0 Å². The maximum absolute atomic E-state index is 12.1. The summed E-state index contributed by atoms with van der Waals surface area (Å²) in [6, 6.07) is 5.03. The first-order valence-electron chi connectivity index (χ1n) is 7.30. The van der Waals surface area contributed by atoms with Crippen LogP contribution >= 0.6 is 0 Å². The molecule has 1 amide bonds. The number of aromatic nitrogens is 2. The van der Waals surface area contributed by atoms with Crippen LogP contribution in [0.2, 0.25) is 0 Å². The van der Waals surface area contributed by atoms with Crippen LogP contribution < -0.4 is 10.0 Å². The molecule has 1 heterocycles. The van der Waals surface area contributed by atoms with Gasteiger partial charge in [-0.15, -0.1) is 0 Å². The lowest BCUT2D eigenvalue weighted by molar-refractivity contribution is -0.122. The molecule has 1 aromatic heterocycles. The van der Waals surface area contributed by atoms with Gasteiger partial charge in [-0.3, -0.25) is 9.48 Å². The zero-order valence-electron chi connectivity index (χ0n) is 13.6. The molecule has 0 aliphatic carbocycles. The number of carbonyl (C=O) groups is 2. The van der Waals surface area contributed by atoms with Crippen molar-refractivity contribution in [1.29, 1.82) is 0 Å². The van der Waals surface area contributed by atoms with E-state index in [-0.39, 0.29) is 17.0 Å². The number of nitrogens with zero attached hydrogens (tertiary/aromatic N) is 2. The van der Waals surface area contributed by atoms with E-state index in [2.05, 4.69) is 15.1 Å². The van der Waals surface area contributed by atoms with Crippen LogP contribution in [0, 0.1) is 0 Å². The van der Waals surface area contributed by atoms with E-state index in [4.69, 9.17) is 5.11 Å². The topological polar surface area (TPSA) is 130 Å². The normalized spacial score (nSPS) is 12.6. The zero-order chi connectivity index (χ0) is 18.6. The van der Waals surface area contributed by atoms with Crippen LogP contribution in [0.1, 0.15) is 22.8 Å². The molecule has 9 nitrogen and oxygen atoms in total. The number of hydrogen-bond donors (Lipinski definition) is 3. The molecule has 0 bridgehead atoms. The first-order chi connectivity index (χ1) is 11.7. The molecule has 25 heavy (non-hydrogen) atoms. The lowest BCUT2D eigenvalue weighted by Crippen LogP contribution is -2.44. The fourth-order valence-electron chi connectivity index (χ4n) is 2.00. The largest absolute Gasteiger partial charge is 0.478 e. The van der Waals surface area contributed by atoms with Crippen LogP contribution in [0.15, 0.2) is 41.6 Å². The quantitative estimate of drug-likeness (QED) is 0.637. The first-order valence-corrected chi connectivity index (χ1v) is 8.78. The monoisotopic (exact) mass is 366 g/mol. The summed E-state index contributed by atoms with van der Waals surface area (Å²) in [5, 5.41) is 15.2. The number of aromatic carboxylic acids is 1. The summed E-state index contributed by atoms with van der Waals surface area (Å²) >= 11 is 0. The maximum atomic E-state index is 12.1. The van der Waals surface area contributed by atoms with Gasteiger partial charge in [-0.25, -0.2) is 13.2 Å². The minimum absolute atomic E-state index is 0.0288. The molecule has 0 saturated heterocycles.